The first-order valence-electron chi connectivity index (χ1n) is 39.5. The van der Waals surface area contributed by atoms with Crippen LogP contribution in [0.2, 0.25) is 0 Å². The Bertz CT molecular complexity index is 3910. The van der Waals surface area contributed by atoms with Gasteiger partial charge in [-0.15, -0.1) is 0 Å². The van der Waals surface area contributed by atoms with E-state index >= 15 is 0 Å². The maximum Gasteiger partial charge on any atom is 0.225 e. The summed E-state index contributed by atoms with van der Waals surface area (Å²) in [5, 5.41) is 47.1. The molecule has 0 unspecified atom stereocenters. The predicted molar refractivity (Wildman–Crippen MR) is 409 cm³/mol. The minimum atomic E-state index is -3.29. The van der Waals surface area contributed by atoms with E-state index in [1.54, 1.807) is 8.61 Å². The highest BCUT2D eigenvalue weighted by molar-refractivity contribution is 7.89. The molecule has 13 rings (SSSR count). The Labute approximate surface area is 612 Å². The van der Waals surface area contributed by atoms with Crippen molar-refractivity contribution in [2.75, 3.05) is 94.0 Å². The molecule has 4 aliphatic heterocycles. The van der Waals surface area contributed by atoms with E-state index in [0.717, 1.165) is 226 Å². The smallest absolute Gasteiger partial charge is 0.225 e. The van der Waals surface area contributed by atoms with E-state index in [0.29, 0.717) is 98.0 Å². The van der Waals surface area contributed by atoms with Crippen LogP contribution in [0.1, 0.15) is 261 Å². The number of hydrogen-bond donors (Lipinski definition) is 7. The molecule has 6 aromatic heterocycles. The van der Waals surface area contributed by atoms with Gasteiger partial charge in [-0.2, -0.15) is 15.0 Å². The average molecular weight is 1470 g/mol. The summed E-state index contributed by atoms with van der Waals surface area (Å²) < 4.78 is 64.2. The van der Waals surface area contributed by atoms with Crippen LogP contribution < -0.4 is 21.3 Å². The molecule has 572 valence electrons. The number of anilines is 3. The maximum atomic E-state index is 13.1. The van der Waals surface area contributed by atoms with Gasteiger partial charge >= 0.3 is 0 Å². The van der Waals surface area contributed by atoms with Crippen molar-refractivity contribution in [3.63, 3.8) is 0 Å². The summed E-state index contributed by atoms with van der Waals surface area (Å²) in [6.07, 6.45) is 37.7. The number of fused-ring (bicyclic) bond motifs is 3. The Morgan fingerprint density at radius 2 is 0.835 bits per heavy atom. The van der Waals surface area contributed by atoms with Gasteiger partial charge in [0.15, 0.2) is 0 Å². The summed E-state index contributed by atoms with van der Waals surface area (Å²) in [6.45, 7) is 19.0. The fourth-order valence-corrected chi connectivity index (χ4v) is 19.6. The quantitative estimate of drug-likeness (QED) is 0.0296. The third kappa shape index (κ3) is 19.9. The van der Waals surface area contributed by atoms with E-state index < -0.39 is 20.0 Å². The van der Waals surface area contributed by atoms with Gasteiger partial charge in [0.25, 0.3) is 0 Å². The number of nitrogens with one attached hydrogen (secondary N) is 4. The van der Waals surface area contributed by atoms with E-state index in [-0.39, 0.29) is 42.5 Å². The van der Waals surface area contributed by atoms with Crippen molar-refractivity contribution in [1.82, 2.24) is 62.4 Å². The number of methoxy groups -OCH3 is 1. The number of aliphatic hydroxyl groups is 3. The van der Waals surface area contributed by atoms with Crippen molar-refractivity contribution in [3.05, 3.63) is 53.9 Å². The zero-order chi connectivity index (χ0) is 73.0. The topological polar surface area (TPSA) is 305 Å². The lowest BCUT2D eigenvalue weighted by Gasteiger charge is -2.35. The minimum Gasteiger partial charge on any atom is -0.393 e. The van der Waals surface area contributed by atoms with Crippen LogP contribution in [0, 0.1) is 5.92 Å². The van der Waals surface area contributed by atoms with E-state index in [2.05, 4.69) is 110 Å². The van der Waals surface area contributed by atoms with Crippen molar-refractivity contribution in [3.8, 4) is 0 Å². The molecule has 0 aromatic carbocycles. The SMILES string of the molecule is CCC[C@H](C)Nc1ncc2c(C3CCN(C(=O)C4CCNCC4)CC3)cn(C3CCC(O)CC3)c2n1.CCC[C@H](C)Nc1ncc2c(C3CCN(S(=O)(=O)CCOC)CC3)cn(C3CCC(O)CC3)c2n1.CCC[C@H](C)Nc1ncc2c(C3CCN(S(C)(=O)=O)CC3)cn(C3CCC(O)CC3)c2n1. The second kappa shape index (κ2) is 36.3. The van der Waals surface area contributed by atoms with Crippen LogP contribution in [-0.2, 0) is 29.6 Å². The molecule has 0 bridgehead atoms. The van der Waals surface area contributed by atoms with Gasteiger partial charge < -0.3 is 59.9 Å². The first kappa shape index (κ1) is 78.4. The van der Waals surface area contributed by atoms with Crippen molar-refractivity contribution >= 4 is 76.9 Å². The molecule has 4 saturated heterocycles. The van der Waals surface area contributed by atoms with Gasteiger partial charge in [0.1, 0.15) is 16.9 Å². The summed E-state index contributed by atoms with van der Waals surface area (Å²) in [5.41, 5.74) is 6.69. The van der Waals surface area contributed by atoms with Crippen molar-refractivity contribution in [1.29, 1.82) is 0 Å². The van der Waals surface area contributed by atoms with E-state index in [1.165, 1.54) is 30.1 Å². The molecule has 103 heavy (non-hydrogen) atoms. The van der Waals surface area contributed by atoms with E-state index in [9.17, 15) is 36.9 Å². The van der Waals surface area contributed by atoms with Crippen molar-refractivity contribution < 1.29 is 41.7 Å². The van der Waals surface area contributed by atoms with Crippen molar-refractivity contribution in [2.45, 2.75) is 281 Å². The molecule has 3 aliphatic carbocycles. The summed E-state index contributed by atoms with van der Waals surface area (Å²) in [7, 11) is -4.90. The molecule has 0 radical (unpaired) electrons. The van der Waals surface area contributed by atoms with Gasteiger partial charge in [-0.1, -0.05) is 40.0 Å². The summed E-state index contributed by atoms with van der Waals surface area (Å²) >= 11 is 0. The van der Waals surface area contributed by atoms with Crippen LogP contribution in [-0.4, -0.2) is 210 Å². The highest BCUT2D eigenvalue weighted by atomic mass is 32.2. The predicted octanol–water partition coefficient (Wildman–Crippen LogP) is 11.5. The van der Waals surface area contributed by atoms with Gasteiger partial charge in [0, 0.05) is 142 Å². The first-order chi connectivity index (χ1) is 49.6. The number of sulfonamides is 2. The number of carbonyl (C=O) groups excluding carboxylic acids is 1. The number of nitrogens with zero attached hydrogens (tertiary/aromatic N) is 12. The number of hydrogen-bond acceptors (Lipinski definition) is 19. The van der Waals surface area contributed by atoms with Crippen LogP contribution >= 0.6 is 0 Å². The molecule has 1 amide bonds. The number of likely N-dealkylation sites (tertiary alicyclic amines) is 1. The lowest BCUT2D eigenvalue weighted by molar-refractivity contribution is -0.137. The molecular weight excluding hydrogens is 1350 g/mol. The normalized spacial score (nSPS) is 24.5. The Kier molecular flexibility index (Phi) is 27.6. The monoisotopic (exact) mass is 1470 g/mol. The maximum absolute atomic E-state index is 13.1. The summed E-state index contributed by atoms with van der Waals surface area (Å²) in [5.74, 6) is 3.58. The lowest BCUT2D eigenvalue weighted by atomic mass is 9.88. The van der Waals surface area contributed by atoms with Crippen LogP contribution in [0.4, 0.5) is 17.8 Å². The zero-order valence-electron chi connectivity index (χ0n) is 62.9. The number of aliphatic hydroxyl groups excluding tert-OH is 3. The van der Waals surface area contributed by atoms with Crippen LogP contribution in [0.15, 0.2) is 37.2 Å². The average Bonchev–Trinajstić information content (AvgIpc) is 1.63. The fourth-order valence-electron chi connectivity index (χ4n) is 17.4. The van der Waals surface area contributed by atoms with Crippen LogP contribution in [0.3, 0.4) is 0 Å². The lowest BCUT2D eigenvalue weighted by Crippen LogP contribution is -2.44. The Hall–Kier alpha value is -5.65. The summed E-state index contributed by atoms with van der Waals surface area (Å²) in [6, 6.07) is 1.94. The molecule has 7 N–H and O–H groups in total. The van der Waals surface area contributed by atoms with Gasteiger partial charge in [-0.05, 0) is 216 Å². The first-order valence-corrected chi connectivity index (χ1v) is 42.9. The van der Waals surface area contributed by atoms with Crippen LogP contribution in [0.25, 0.3) is 33.1 Å². The van der Waals surface area contributed by atoms with Gasteiger partial charge in [0.05, 0.1) is 36.9 Å². The standard InChI is InChI=1S/C28H44N6O2.C25H41N5O4S.C23H37N5O3S/c1-3-4-19(2)31-28-30-17-24-25(18-34(26(24)32-28)22-5-7-23(35)8-6-22)20-11-15-33(16-12-20)27(36)21-9-13-29-14-10-21;1-4-5-18(2)27-25-26-16-22-23(17-30(24(22)28-25)20-6-8-21(31)9-7-20)19-10-12-29(13-11-19)35(32,33)15-14-34-3;1-4-5-16(2)25-23-24-14-20-21(17-10-12-27(13-11-17)32(3,30)31)15-28(22(20)26-23)18-6-8-19(29)9-7-18/h17-23,29,35H,3-16H2,1-2H3,(H,30,31,32);16-21,31H,4-15H2,1-3H3,(H,26,27,28);14-19,29H,4-13H2,1-3H3,(H,24,25,26)/t19-,22?,23?;18-,20?,21?;16-,18?,19?/m000/s1. The minimum absolute atomic E-state index is 0.0288. The number of amides is 1. The van der Waals surface area contributed by atoms with E-state index in [1.807, 2.05) is 18.6 Å². The molecule has 3 saturated carbocycles. The largest absolute Gasteiger partial charge is 0.393 e. The second-order valence-electron chi connectivity index (χ2n) is 31.2. The Morgan fingerprint density at radius 1 is 0.505 bits per heavy atom. The number of rotatable bonds is 24. The number of piperidine rings is 4. The molecule has 27 heteroatoms. The number of aromatic nitrogens is 9. The second-order valence-corrected chi connectivity index (χ2v) is 35.3. The van der Waals surface area contributed by atoms with Gasteiger partial charge in [0.2, 0.25) is 43.8 Å². The fraction of sp³-hybridized carbons (Fsp3) is 0.750. The molecular formula is C76H122N16O9S2. The molecule has 25 nitrogen and oxygen atoms in total. The molecule has 10 heterocycles. The summed E-state index contributed by atoms with van der Waals surface area (Å²) in [4.78, 5) is 44.1. The highest BCUT2D eigenvalue weighted by Gasteiger charge is 2.36. The van der Waals surface area contributed by atoms with E-state index in [4.69, 9.17) is 24.7 Å². The molecule has 3 atom stereocenters. The highest BCUT2D eigenvalue weighted by Crippen LogP contribution is 2.43. The van der Waals surface area contributed by atoms with Crippen molar-refractivity contribution in [2.24, 2.45) is 5.92 Å². The number of ether oxygens (including phenoxy) is 1. The molecule has 6 aromatic rings. The van der Waals surface area contributed by atoms with Gasteiger partial charge in [-0.25, -0.2) is 40.4 Å². The third-order valence-corrected chi connectivity index (χ3v) is 26.5. The third-order valence-electron chi connectivity index (χ3n) is 23.4. The zero-order valence-corrected chi connectivity index (χ0v) is 64.5. The number of carbonyl (C=O) groups is 1. The Balaban J connectivity index is 0.000000155. The molecule has 0 spiro atoms. The van der Waals surface area contributed by atoms with Crippen LogP contribution in [0.5, 0.6) is 0 Å². The molecule has 7 aliphatic rings. The Morgan fingerprint density at radius 3 is 1.16 bits per heavy atom. The van der Waals surface area contributed by atoms with Gasteiger partial charge in [-0.3, -0.25) is 4.79 Å². The molecule has 7 fully saturated rings.